The van der Waals surface area contributed by atoms with E-state index in [0.717, 1.165) is 36.8 Å². The molecule has 0 unspecified atom stereocenters. The third kappa shape index (κ3) is 3.96. The van der Waals surface area contributed by atoms with Crippen LogP contribution in [0, 0.1) is 11.6 Å². The number of halogens is 3. The fourth-order valence-corrected chi connectivity index (χ4v) is 3.98. The average Bonchev–Trinajstić information content (AvgIpc) is 3.46. The van der Waals surface area contributed by atoms with Crippen molar-refractivity contribution in [2.75, 3.05) is 18.4 Å². The molecule has 0 bridgehead atoms. The lowest BCUT2D eigenvalue weighted by Crippen LogP contribution is -2.29. The van der Waals surface area contributed by atoms with Crippen molar-refractivity contribution >= 4 is 28.3 Å². The Morgan fingerprint density at radius 3 is 2.84 bits per heavy atom. The molecule has 4 heterocycles. The van der Waals surface area contributed by atoms with Gasteiger partial charge in [-0.1, -0.05) is 11.6 Å². The Labute approximate surface area is 182 Å². The van der Waals surface area contributed by atoms with Crippen LogP contribution < -0.4 is 10.6 Å². The molecule has 1 aliphatic rings. The van der Waals surface area contributed by atoms with E-state index in [-0.39, 0.29) is 10.6 Å². The Kier molecular flexibility index (Phi) is 5.25. The summed E-state index contributed by atoms with van der Waals surface area (Å²) >= 11 is 5.86. The number of benzene rings is 1. The van der Waals surface area contributed by atoms with Gasteiger partial charge in [-0.15, -0.1) is 0 Å². The van der Waals surface area contributed by atoms with Crippen LogP contribution in [0.25, 0.3) is 33.5 Å². The van der Waals surface area contributed by atoms with Crippen LogP contribution in [0.15, 0.2) is 42.7 Å². The Hall–Kier alpha value is -3.10. The van der Waals surface area contributed by atoms with Crippen LogP contribution in [0.5, 0.6) is 0 Å². The maximum absolute atomic E-state index is 14.4. The Morgan fingerprint density at radius 2 is 2.00 bits per heavy atom. The van der Waals surface area contributed by atoms with Crippen molar-refractivity contribution in [3.8, 4) is 22.5 Å². The van der Waals surface area contributed by atoms with Gasteiger partial charge in [0.25, 0.3) is 0 Å². The molecule has 0 radical (unpaired) electrons. The maximum atomic E-state index is 14.4. The first-order valence-corrected chi connectivity index (χ1v) is 10.4. The van der Waals surface area contributed by atoms with E-state index in [1.807, 2.05) is 12.1 Å². The molecule has 1 saturated heterocycles. The highest BCUT2D eigenvalue weighted by Gasteiger charge is 2.18. The van der Waals surface area contributed by atoms with Crippen LogP contribution >= 0.6 is 11.6 Å². The summed E-state index contributed by atoms with van der Waals surface area (Å²) in [5.74, 6) is -1.56. The first kappa shape index (κ1) is 19.8. The van der Waals surface area contributed by atoms with Crippen LogP contribution in [0.3, 0.4) is 0 Å². The van der Waals surface area contributed by atoms with Crippen LogP contribution in [-0.2, 0) is 0 Å². The van der Waals surface area contributed by atoms with Gasteiger partial charge in [-0.2, -0.15) is 5.10 Å². The lowest BCUT2D eigenvalue weighted by molar-refractivity contribution is 0.585. The summed E-state index contributed by atoms with van der Waals surface area (Å²) in [6.45, 7) is 1.88. The van der Waals surface area contributed by atoms with Crippen molar-refractivity contribution in [2.24, 2.45) is 0 Å². The van der Waals surface area contributed by atoms with Crippen molar-refractivity contribution in [2.45, 2.75) is 18.9 Å². The van der Waals surface area contributed by atoms with Gasteiger partial charge >= 0.3 is 0 Å². The van der Waals surface area contributed by atoms with Gasteiger partial charge in [0.1, 0.15) is 17.3 Å². The zero-order chi connectivity index (χ0) is 21.4. The first-order chi connectivity index (χ1) is 15.1. The number of fused-ring (bicyclic) bond motifs is 1. The van der Waals surface area contributed by atoms with Crippen molar-refractivity contribution in [3.63, 3.8) is 0 Å². The van der Waals surface area contributed by atoms with E-state index in [4.69, 9.17) is 16.6 Å². The normalized spacial score (nSPS) is 16.2. The van der Waals surface area contributed by atoms with Gasteiger partial charge in [-0.05, 0) is 43.7 Å². The van der Waals surface area contributed by atoms with E-state index < -0.39 is 11.6 Å². The second-order valence-corrected chi connectivity index (χ2v) is 7.93. The van der Waals surface area contributed by atoms with Crippen LogP contribution in [0.4, 0.5) is 14.5 Å². The van der Waals surface area contributed by atoms with E-state index in [0.29, 0.717) is 28.5 Å². The highest BCUT2D eigenvalue weighted by atomic mass is 35.5. The number of nitrogens with one attached hydrogen (secondary N) is 3. The fourth-order valence-electron chi connectivity index (χ4n) is 3.82. The minimum atomic E-state index is -0.817. The van der Waals surface area contributed by atoms with Gasteiger partial charge in [-0.25, -0.2) is 13.8 Å². The van der Waals surface area contributed by atoms with Crippen LogP contribution in [-0.4, -0.2) is 39.3 Å². The predicted molar refractivity (Wildman–Crippen MR) is 117 cm³/mol. The molecule has 4 aromatic rings. The molecule has 1 fully saturated rings. The number of H-pyrrole nitrogens is 1. The van der Waals surface area contributed by atoms with Crippen LogP contribution in [0.2, 0.25) is 5.02 Å². The number of anilines is 1. The quantitative estimate of drug-likeness (QED) is 0.389. The van der Waals surface area contributed by atoms with Gasteiger partial charge in [-0.3, -0.25) is 10.1 Å². The number of hydrogen-bond acceptors (Lipinski definition) is 5. The molecule has 3 aromatic heterocycles. The van der Waals surface area contributed by atoms with E-state index in [1.165, 1.54) is 12.5 Å². The van der Waals surface area contributed by atoms with Crippen molar-refractivity contribution in [1.29, 1.82) is 0 Å². The Bertz CT molecular complexity index is 1250. The second kappa shape index (κ2) is 8.20. The molecule has 0 aliphatic carbocycles. The van der Waals surface area contributed by atoms with Gasteiger partial charge in [0, 0.05) is 36.0 Å². The van der Waals surface area contributed by atoms with Crippen molar-refractivity contribution in [1.82, 2.24) is 25.5 Å². The number of aromatic amines is 1. The fraction of sp³-hybridized carbons (Fsp3) is 0.227. The molecule has 9 heteroatoms. The molecule has 1 aliphatic heterocycles. The standard InChI is InChI=1S/C22H19ClF2N6/c23-16-7-14(17(24)8-18(16)25)22-15(11-29-31-22)19-3-4-20-21(30-19)6-13(10-28-20)27-9-12-2-1-5-26-12/h3-4,6-8,10-12,26-27H,1-2,5,9H2,(H,29,31)/t12-/m0/s1. The highest BCUT2D eigenvalue weighted by Crippen LogP contribution is 2.34. The summed E-state index contributed by atoms with van der Waals surface area (Å²) in [6.07, 6.45) is 5.77. The van der Waals surface area contributed by atoms with Gasteiger partial charge in [0.05, 0.1) is 33.6 Å². The summed E-state index contributed by atoms with van der Waals surface area (Å²) < 4.78 is 28.0. The molecule has 0 amide bonds. The number of nitrogens with zero attached hydrogens (tertiary/aromatic N) is 3. The molecule has 0 saturated carbocycles. The molecule has 5 rings (SSSR count). The molecule has 3 N–H and O–H groups in total. The SMILES string of the molecule is Fc1cc(F)c(-c2n[nH]cc2-c2ccc3ncc(NC[C@@H]4CCCN4)cc3n2)cc1Cl. The molecule has 1 aromatic carbocycles. The lowest BCUT2D eigenvalue weighted by atomic mass is 10.0. The monoisotopic (exact) mass is 440 g/mol. The smallest absolute Gasteiger partial charge is 0.144 e. The summed E-state index contributed by atoms with van der Waals surface area (Å²) in [7, 11) is 0. The van der Waals surface area contributed by atoms with Gasteiger partial charge in [0.15, 0.2) is 0 Å². The minimum absolute atomic E-state index is 0.0992. The van der Waals surface area contributed by atoms with Gasteiger partial charge < -0.3 is 10.6 Å². The second-order valence-electron chi connectivity index (χ2n) is 7.53. The Balaban J connectivity index is 1.48. The minimum Gasteiger partial charge on any atom is -0.382 e. The predicted octanol–water partition coefficient (Wildman–Crippen LogP) is 4.78. The zero-order valence-electron chi connectivity index (χ0n) is 16.4. The number of rotatable bonds is 5. The summed E-state index contributed by atoms with van der Waals surface area (Å²) in [6, 6.07) is 8.03. The number of pyridine rings is 2. The number of aromatic nitrogens is 4. The largest absolute Gasteiger partial charge is 0.382 e. The summed E-state index contributed by atoms with van der Waals surface area (Å²) in [4.78, 5) is 9.18. The zero-order valence-corrected chi connectivity index (χ0v) is 17.2. The molecule has 0 spiro atoms. The van der Waals surface area contributed by atoms with Crippen LogP contribution in [0.1, 0.15) is 12.8 Å². The molecule has 1 atom stereocenters. The number of hydrogen-bond donors (Lipinski definition) is 3. The average molecular weight is 441 g/mol. The van der Waals surface area contributed by atoms with E-state index in [9.17, 15) is 8.78 Å². The molecular weight excluding hydrogens is 422 g/mol. The molecule has 31 heavy (non-hydrogen) atoms. The molecule has 6 nitrogen and oxygen atoms in total. The van der Waals surface area contributed by atoms with Crippen molar-refractivity contribution < 1.29 is 8.78 Å². The third-order valence-electron chi connectivity index (χ3n) is 5.43. The third-order valence-corrected chi connectivity index (χ3v) is 5.72. The maximum Gasteiger partial charge on any atom is 0.144 e. The Morgan fingerprint density at radius 1 is 1.10 bits per heavy atom. The summed E-state index contributed by atoms with van der Waals surface area (Å²) in [5, 5.41) is 13.6. The highest BCUT2D eigenvalue weighted by molar-refractivity contribution is 6.31. The topological polar surface area (TPSA) is 78.5 Å². The van der Waals surface area contributed by atoms with Crippen molar-refractivity contribution in [3.05, 3.63) is 59.4 Å². The molecule has 158 valence electrons. The summed E-state index contributed by atoms with van der Waals surface area (Å²) in [5.41, 5.74) is 3.91. The lowest BCUT2D eigenvalue weighted by Gasteiger charge is -2.12. The van der Waals surface area contributed by atoms with E-state index in [1.54, 1.807) is 18.5 Å². The first-order valence-electron chi connectivity index (χ1n) is 10.0. The van der Waals surface area contributed by atoms with E-state index >= 15 is 0 Å². The van der Waals surface area contributed by atoms with E-state index in [2.05, 4.69) is 25.8 Å². The van der Waals surface area contributed by atoms with Gasteiger partial charge in [0.2, 0.25) is 0 Å². The molecular formula is C22H19ClF2N6.